The van der Waals surface area contributed by atoms with Gasteiger partial charge in [-0.1, -0.05) is 0 Å². The van der Waals surface area contributed by atoms with Crippen molar-refractivity contribution in [1.29, 1.82) is 0 Å². The molecule has 0 unspecified atom stereocenters. The van der Waals surface area contributed by atoms with Crippen LogP contribution in [-0.2, 0) is 0 Å². The van der Waals surface area contributed by atoms with E-state index in [0.29, 0.717) is 0 Å². The zero-order valence-corrected chi connectivity index (χ0v) is 5.28. The van der Waals surface area contributed by atoms with Crippen LogP contribution < -0.4 is 5.32 Å². The predicted octanol–water partition coefficient (Wildman–Crippen LogP) is 0.604. The Kier molecular flexibility index (Phi) is 1.10. The Morgan fingerprint density at radius 3 is 3.40 bits per heavy atom. The van der Waals surface area contributed by atoms with Gasteiger partial charge in [0, 0.05) is 6.21 Å². The van der Waals surface area contributed by atoms with Gasteiger partial charge in [-0.3, -0.25) is 4.99 Å². The molecule has 0 aromatic carbocycles. The van der Waals surface area contributed by atoms with Crippen molar-refractivity contribution in [2.24, 2.45) is 4.99 Å². The van der Waals surface area contributed by atoms with Crippen molar-refractivity contribution in [3.05, 3.63) is 12.5 Å². The van der Waals surface area contributed by atoms with Gasteiger partial charge in [0.05, 0.1) is 12.7 Å². The van der Waals surface area contributed by atoms with E-state index in [4.69, 9.17) is 0 Å². The van der Waals surface area contributed by atoms with Gasteiger partial charge in [0.1, 0.15) is 12.0 Å². The first-order chi connectivity index (χ1) is 4.97. The summed E-state index contributed by atoms with van der Waals surface area (Å²) in [4.78, 5) is 11.9. The summed E-state index contributed by atoms with van der Waals surface area (Å²) in [6, 6.07) is 0. The van der Waals surface area contributed by atoms with Gasteiger partial charge in [-0.25, -0.2) is 9.97 Å². The molecule has 0 radical (unpaired) electrons. The molecule has 2 heterocycles. The van der Waals surface area contributed by atoms with Crippen LogP contribution in [0.2, 0.25) is 0 Å². The number of rotatable bonds is 0. The molecule has 0 bridgehead atoms. The lowest BCUT2D eigenvalue weighted by Gasteiger charge is -2.08. The molecule has 0 saturated heterocycles. The first-order valence-electron chi connectivity index (χ1n) is 3.03. The van der Waals surface area contributed by atoms with Crippen LogP contribution in [0.4, 0.5) is 11.5 Å². The van der Waals surface area contributed by atoms with Crippen LogP contribution in [0.1, 0.15) is 0 Å². The number of nitrogens with zero attached hydrogens (tertiary/aromatic N) is 3. The summed E-state index contributed by atoms with van der Waals surface area (Å²) in [6.45, 7) is 0.754. The number of anilines is 1. The largest absolute Gasteiger partial charge is 0.363 e. The Morgan fingerprint density at radius 2 is 2.50 bits per heavy atom. The molecule has 10 heavy (non-hydrogen) atoms. The molecule has 1 aliphatic rings. The Hall–Kier alpha value is -1.45. The zero-order chi connectivity index (χ0) is 6.81. The van der Waals surface area contributed by atoms with Crippen LogP contribution in [-0.4, -0.2) is 22.7 Å². The number of nitrogens with one attached hydrogen (secondary N) is 1. The minimum absolute atomic E-state index is 0.754. The molecule has 4 nitrogen and oxygen atoms in total. The molecule has 50 valence electrons. The Bertz CT molecular complexity index is 268. The maximum absolute atomic E-state index is 4.08. The normalized spacial score (nSPS) is 14.0. The van der Waals surface area contributed by atoms with Crippen LogP contribution in [0.15, 0.2) is 17.5 Å². The summed E-state index contributed by atoms with van der Waals surface area (Å²) in [6.07, 6.45) is 4.99. The van der Waals surface area contributed by atoms with Crippen molar-refractivity contribution < 1.29 is 0 Å². The highest BCUT2D eigenvalue weighted by Crippen LogP contribution is 2.20. The van der Waals surface area contributed by atoms with Crippen molar-refractivity contribution in [1.82, 2.24) is 9.97 Å². The van der Waals surface area contributed by atoms with Gasteiger partial charge in [0.2, 0.25) is 0 Å². The number of aliphatic imine (C=N–C) groups is 1. The molecule has 0 atom stereocenters. The lowest BCUT2D eigenvalue weighted by Crippen LogP contribution is -2.08. The lowest BCUT2D eigenvalue weighted by molar-refractivity contribution is 1.13. The molecule has 0 aliphatic carbocycles. The van der Waals surface area contributed by atoms with E-state index in [1.54, 1.807) is 12.4 Å². The van der Waals surface area contributed by atoms with Crippen molar-refractivity contribution in [2.75, 3.05) is 11.9 Å². The summed E-state index contributed by atoms with van der Waals surface area (Å²) in [5.74, 6) is 0.817. The molecule has 1 aliphatic heterocycles. The van der Waals surface area contributed by atoms with E-state index in [-0.39, 0.29) is 0 Å². The van der Waals surface area contributed by atoms with E-state index < -0.39 is 0 Å². The standard InChI is InChI=1S/C6H6N4/c1-2-9-6-5(8-1)3-7-4-10-6/h1,3-4H,2H2,(H,7,9,10). The summed E-state index contributed by atoms with van der Waals surface area (Å²) in [5.41, 5.74) is 0.814. The maximum Gasteiger partial charge on any atom is 0.155 e. The summed E-state index contributed by atoms with van der Waals surface area (Å²) >= 11 is 0. The molecule has 2 rings (SSSR count). The maximum atomic E-state index is 4.08. The van der Waals surface area contributed by atoms with E-state index in [9.17, 15) is 0 Å². The van der Waals surface area contributed by atoms with Gasteiger partial charge in [-0.05, 0) is 0 Å². The smallest absolute Gasteiger partial charge is 0.155 e. The van der Waals surface area contributed by atoms with E-state index in [0.717, 1.165) is 18.1 Å². The zero-order valence-electron chi connectivity index (χ0n) is 5.28. The average Bonchev–Trinajstić information content (AvgIpc) is 2.05. The summed E-state index contributed by atoms with van der Waals surface area (Å²) in [7, 11) is 0. The summed E-state index contributed by atoms with van der Waals surface area (Å²) < 4.78 is 0. The average molecular weight is 134 g/mol. The van der Waals surface area contributed by atoms with Gasteiger partial charge in [0.25, 0.3) is 0 Å². The minimum atomic E-state index is 0.754. The fraction of sp³-hybridized carbons (Fsp3) is 0.167. The van der Waals surface area contributed by atoms with Gasteiger partial charge < -0.3 is 5.32 Å². The van der Waals surface area contributed by atoms with Crippen molar-refractivity contribution in [3.8, 4) is 0 Å². The van der Waals surface area contributed by atoms with Gasteiger partial charge in [-0.2, -0.15) is 0 Å². The molecule has 0 amide bonds. The highest BCUT2D eigenvalue weighted by molar-refractivity contribution is 5.77. The van der Waals surface area contributed by atoms with E-state index in [1.807, 2.05) is 0 Å². The highest BCUT2D eigenvalue weighted by atomic mass is 15.1. The highest BCUT2D eigenvalue weighted by Gasteiger charge is 2.03. The summed E-state index contributed by atoms with van der Waals surface area (Å²) in [5, 5.41) is 3.06. The van der Waals surface area contributed by atoms with Gasteiger partial charge in [0.15, 0.2) is 5.82 Å². The molecule has 0 fully saturated rings. The third kappa shape index (κ3) is 0.737. The first kappa shape index (κ1) is 5.34. The Labute approximate surface area is 58.0 Å². The molecule has 1 aromatic heterocycles. The predicted molar refractivity (Wildman–Crippen MR) is 38.7 cm³/mol. The fourth-order valence-corrected chi connectivity index (χ4v) is 0.839. The van der Waals surface area contributed by atoms with Crippen molar-refractivity contribution in [3.63, 3.8) is 0 Å². The molecule has 1 N–H and O–H groups in total. The van der Waals surface area contributed by atoms with E-state index >= 15 is 0 Å². The topological polar surface area (TPSA) is 50.2 Å². The third-order valence-electron chi connectivity index (χ3n) is 1.28. The van der Waals surface area contributed by atoms with Crippen LogP contribution in [0.5, 0.6) is 0 Å². The molecule has 0 spiro atoms. The Balaban J connectivity index is 2.54. The molecule has 4 heteroatoms. The molecule has 0 saturated carbocycles. The van der Waals surface area contributed by atoms with E-state index in [1.165, 1.54) is 6.33 Å². The molecule has 1 aromatic rings. The number of aromatic nitrogens is 2. The minimum Gasteiger partial charge on any atom is -0.363 e. The Morgan fingerprint density at radius 1 is 1.50 bits per heavy atom. The van der Waals surface area contributed by atoms with Crippen LogP contribution in [0.3, 0.4) is 0 Å². The van der Waals surface area contributed by atoms with E-state index in [2.05, 4.69) is 20.3 Å². The fourth-order valence-electron chi connectivity index (χ4n) is 0.839. The molecular formula is C6H6N4. The lowest BCUT2D eigenvalue weighted by atomic mass is 10.4. The number of hydrogen-bond acceptors (Lipinski definition) is 4. The number of fused-ring (bicyclic) bond motifs is 1. The van der Waals surface area contributed by atoms with Crippen LogP contribution >= 0.6 is 0 Å². The molecular weight excluding hydrogens is 128 g/mol. The second-order valence-electron chi connectivity index (χ2n) is 1.95. The first-order valence-corrected chi connectivity index (χ1v) is 3.03. The second kappa shape index (κ2) is 2.06. The monoisotopic (exact) mass is 134 g/mol. The van der Waals surface area contributed by atoms with Crippen LogP contribution in [0.25, 0.3) is 0 Å². The quantitative estimate of drug-likeness (QED) is 0.565. The third-order valence-corrected chi connectivity index (χ3v) is 1.28. The second-order valence-corrected chi connectivity index (χ2v) is 1.95. The number of hydrogen-bond donors (Lipinski definition) is 1. The van der Waals surface area contributed by atoms with Gasteiger partial charge >= 0.3 is 0 Å². The van der Waals surface area contributed by atoms with Crippen molar-refractivity contribution >= 4 is 17.7 Å². The SMILES string of the molecule is C1=Nc2cncnc2NC1. The van der Waals surface area contributed by atoms with Crippen LogP contribution in [0, 0.1) is 0 Å². The van der Waals surface area contributed by atoms with Crippen molar-refractivity contribution in [2.45, 2.75) is 0 Å². The van der Waals surface area contributed by atoms with Gasteiger partial charge in [-0.15, -0.1) is 0 Å².